The number of amides is 1. The van der Waals surface area contributed by atoms with Crippen molar-refractivity contribution in [3.8, 4) is 0 Å². The lowest BCUT2D eigenvalue weighted by atomic mass is 10.2. The lowest BCUT2D eigenvalue weighted by Crippen LogP contribution is -2.28. The predicted octanol–water partition coefficient (Wildman–Crippen LogP) is 1.46. The summed E-state index contributed by atoms with van der Waals surface area (Å²) in [6.07, 6.45) is 1.73. The molecule has 0 aliphatic heterocycles. The quantitative estimate of drug-likeness (QED) is 0.731. The Balaban J connectivity index is 2.54. The minimum atomic E-state index is -0.193. The highest BCUT2D eigenvalue weighted by atomic mass is 16.1. The van der Waals surface area contributed by atoms with Crippen LogP contribution in [0.4, 0.5) is 5.82 Å². The van der Waals surface area contributed by atoms with Crippen LogP contribution < -0.4 is 10.6 Å². The van der Waals surface area contributed by atoms with E-state index in [1.807, 2.05) is 13.8 Å². The maximum Gasteiger partial charge on any atom is 0.271 e. The van der Waals surface area contributed by atoms with Crippen LogP contribution in [-0.4, -0.2) is 29.2 Å². The van der Waals surface area contributed by atoms with E-state index in [0.29, 0.717) is 30.5 Å². The highest BCUT2D eigenvalue weighted by molar-refractivity contribution is 5.92. The smallest absolute Gasteiger partial charge is 0.271 e. The predicted molar refractivity (Wildman–Crippen MR) is 67.9 cm³/mol. The van der Waals surface area contributed by atoms with Gasteiger partial charge in [-0.05, 0) is 18.1 Å². The van der Waals surface area contributed by atoms with Gasteiger partial charge in [0.1, 0.15) is 5.82 Å². The number of nitrogens with zero attached hydrogens (tertiary/aromatic N) is 2. The number of hydrogen-bond acceptors (Lipinski definition) is 4. The van der Waals surface area contributed by atoms with Crippen molar-refractivity contribution in [3.05, 3.63) is 30.5 Å². The first-order valence-corrected chi connectivity index (χ1v) is 5.60. The number of aromatic nitrogens is 2. The molecular weight excluding hydrogens is 216 g/mol. The summed E-state index contributed by atoms with van der Waals surface area (Å²) < 4.78 is 0. The van der Waals surface area contributed by atoms with Gasteiger partial charge in [-0.25, -0.2) is 0 Å². The van der Waals surface area contributed by atoms with E-state index < -0.39 is 0 Å². The van der Waals surface area contributed by atoms with Crippen LogP contribution in [0.3, 0.4) is 0 Å². The number of anilines is 1. The van der Waals surface area contributed by atoms with E-state index in [1.54, 1.807) is 18.2 Å². The molecule has 0 unspecified atom stereocenters. The van der Waals surface area contributed by atoms with Crippen LogP contribution in [-0.2, 0) is 0 Å². The molecule has 0 saturated carbocycles. The van der Waals surface area contributed by atoms with Gasteiger partial charge < -0.3 is 10.6 Å². The van der Waals surface area contributed by atoms with E-state index >= 15 is 0 Å². The van der Waals surface area contributed by atoms with Crippen LogP contribution in [0, 0.1) is 5.92 Å². The maximum atomic E-state index is 11.6. The Kier molecular flexibility index (Phi) is 5.13. The zero-order chi connectivity index (χ0) is 12.7. The molecule has 1 amide bonds. The largest absolute Gasteiger partial charge is 0.365 e. The fraction of sp³-hybridized carbons (Fsp3) is 0.417. The molecule has 0 spiro atoms. The molecule has 1 heterocycles. The van der Waals surface area contributed by atoms with Crippen LogP contribution in [0.25, 0.3) is 0 Å². The Morgan fingerprint density at radius 2 is 2.24 bits per heavy atom. The molecule has 0 atom stereocenters. The van der Waals surface area contributed by atoms with Gasteiger partial charge in [-0.1, -0.05) is 19.9 Å². The Labute approximate surface area is 101 Å². The average Bonchev–Trinajstić information content (AvgIpc) is 2.34. The molecule has 2 N–H and O–H groups in total. The second-order valence-electron chi connectivity index (χ2n) is 4.08. The van der Waals surface area contributed by atoms with Gasteiger partial charge >= 0.3 is 0 Å². The highest BCUT2D eigenvalue weighted by Gasteiger charge is 2.07. The van der Waals surface area contributed by atoms with E-state index in [9.17, 15) is 4.79 Å². The topological polar surface area (TPSA) is 66.9 Å². The molecule has 1 aromatic heterocycles. The van der Waals surface area contributed by atoms with Crippen LogP contribution >= 0.6 is 0 Å². The van der Waals surface area contributed by atoms with Gasteiger partial charge in [0.15, 0.2) is 5.69 Å². The molecule has 1 aromatic rings. The van der Waals surface area contributed by atoms with Crippen molar-refractivity contribution in [1.82, 2.24) is 15.5 Å². The summed E-state index contributed by atoms with van der Waals surface area (Å²) in [5, 5.41) is 13.5. The van der Waals surface area contributed by atoms with E-state index in [4.69, 9.17) is 0 Å². The average molecular weight is 234 g/mol. The van der Waals surface area contributed by atoms with Crippen LogP contribution in [0.2, 0.25) is 0 Å². The third-order valence-corrected chi connectivity index (χ3v) is 2.00. The molecule has 0 saturated heterocycles. The van der Waals surface area contributed by atoms with Crippen molar-refractivity contribution in [2.24, 2.45) is 5.92 Å². The Bertz CT molecular complexity index is 373. The Hall–Kier alpha value is -1.91. The summed E-state index contributed by atoms with van der Waals surface area (Å²) in [6, 6.07) is 3.37. The minimum absolute atomic E-state index is 0.193. The van der Waals surface area contributed by atoms with Crippen molar-refractivity contribution >= 4 is 11.7 Å². The summed E-state index contributed by atoms with van der Waals surface area (Å²) >= 11 is 0. The SMILES string of the molecule is C=CCNc1ccc(C(=O)NCC(C)C)nn1. The normalized spacial score (nSPS) is 10.1. The van der Waals surface area contributed by atoms with Crippen molar-refractivity contribution in [2.75, 3.05) is 18.4 Å². The van der Waals surface area contributed by atoms with E-state index in [2.05, 4.69) is 27.4 Å². The molecule has 0 fully saturated rings. The van der Waals surface area contributed by atoms with Gasteiger partial charge in [0.05, 0.1) is 0 Å². The summed E-state index contributed by atoms with van der Waals surface area (Å²) in [6.45, 7) is 8.91. The molecule has 0 radical (unpaired) electrons. The maximum absolute atomic E-state index is 11.6. The van der Waals surface area contributed by atoms with Gasteiger partial charge in [0.2, 0.25) is 0 Å². The zero-order valence-corrected chi connectivity index (χ0v) is 10.2. The third kappa shape index (κ3) is 4.63. The number of hydrogen-bond donors (Lipinski definition) is 2. The summed E-state index contributed by atoms with van der Waals surface area (Å²) in [7, 11) is 0. The van der Waals surface area contributed by atoms with Crippen molar-refractivity contribution in [2.45, 2.75) is 13.8 Å². The fourth-order valence-corrected chi connectivity index (χ4v) is 1.11. The van der Waals surface area contributed by atoms with Crippen molar-refractivity contribution in [3.63, 3.8) is 0 Å². The molecule has 0 aliphatic carbocycles. The van der Waals surface area contributed by atoms with Crippen molar-refractivity contribution < 1.29 is 4.79 Å². The monoisotopic (exact) mass is 234 g/mol. The van der Waals surface area contributed by atoms with E-state index in [0.717, 1.165) is 0 Å². The lowest BCUT2D eigenvalue weighted by Gasteiger charge is -2.07. The van der Waals surface area contributed by atoms with Crippen molar-refractivity contribution in [1.29, 1.82) is 0 Å². The first kappa shape index (κ1) is 13.2. The Morgan fingerprint density at radius 3 is 2.76 bits per heavy atom. The molecule has 0 aromatic carbocycles. The van der Waals surface area contributed by atoms with Gasteiger partial charge in [-0.15, -0.1) is 16.8 Å². The van der Waals surface area contributed by atoms with Crippen LogP contribution in [0.5, 0.6) is 0 Å². The number of carbonyl (C=O) groups is 1. The fourth-order valence-electron chi connectivity index (χ4n) is 1.11. The van der Waals surface area contributed by atoms with Gasteiger partial charge in [0, 0.05) is 13.1 Å². The second-order valence-corrected chi connectivity index (χ2v) is 4.08. The summed E-state index contributed by atoms with van der Waals surface area (Å²) in [5.74, 6) is 0.854. The first-order valence-electron chi connectivity index (χ1n) is 5.60. The van der Waals surface area contributed by atoms with Crippen LogP contribution in [0.1, 0.15) is 24.3 Å². The van der Waals surface area contributed by atoms with E-state index in [-0.39, 0.29) is 5.91 Å². The first-order chi connectivity index (χ1) is 8.13. The Morgan fingerprint density at radius 1 is 1.47 bits per heavy atom. The van der Waals surface area contributed by atoms with Crippen LogP contribution in [0.15, 0.2) is 24.8 Å². The van der Waals surface area contributed by atoms with Gasteiger partial charge in [-0.3, -0.25) is 4.79 Å². The molecular formula is C12H18N4O. The number of rotatable bonds is 6. The highest BCUT2D eigenvalue weighted by Crippen LogP contribution is 2.01. The number of carbonyl (C=O) groups excluding carboxylic acids is 1. The molecule has 5 heteroatoms. The third-order valence-electron chi connectivity index (χ3n) is 2.00. The molecule has 0 aliphatic rings. The molecule has 17 heavy (non-hydrogen) atoms. The zero-order valence-electron chi connectivity index (χ0n) is 10.2. The lowest BCUT2D eigenvalue weighted by molar-refractivity contribution is 0.0943. The molecule has 5 nitrogen and oxygen atoms in total. The van der Waals surface area contributed by atoms with E-state index in [1.165, 1.54) is 0 Å². The number of nitrogens with one attached hydrogen (secondary N) is 2. The molecule has 92 valence electrons. The second kappa shape index (κ2) is 6.62. The molecule has 0 bridgehead atoms. The minimum Gasteiger partial charge on any atom is -0.365 e. The van der Waals surface area contributed by atoms with Gasteiger partial charge in [-0.2, -0.15) is 0 Å². The summed E-state index contributed by atoms with van der Waals surface area (Å²) in [4.78, 5) is 11.6. The summed E-state index contributed by atoms with van der Waals surface area (Å²) in [5.41, 5.74) is 0.329. The standard InChI is InChI=1S/C12H18N4O/c1-4-7-13-11-6-5-10(15-16-11)12(17)14-8-9(2)3/h4-6,9H,1,7-8H2,2-3H3,(H,13,16)(H,14,17). The van der Waals surface area contributed by atoms with Gasteiger partial charge in [0.25, 0.3) is 5.91 Å². The molecule has 1 rings (SSSR count).